The molecule has 0 saturated carbocycles. The van der Waals surface area contributed by atoms with Gasteiger partial charge in [-0.2, -0.15) is 0 Å². The minimum atomic E-state index is -0.222. The Hall–Kier alpha value is -2.23. The zero-order valence-corrected chi connectivity index (χ0v) is 11.2. The zero-order chi connectivity index (χ0) is 14.3. The topological polar surface area (TPSA) is 54.5 Å². The second-order valence-corrected chi connectivity index (χ2v) is 5.27. The highest BCUT2D eigenvalue weighted by Gasteiger charge is 2.47. The largest absolute Gasteiger partial charge is 0.295 e. The van der Waals surface area contributed by atoms with E-state index in [-0.39, 0.29) is 29.4 Å². The van der Waals surface area contributed by atoms with Crippen molar-refractivity contribution in [1.29, 1.82) is 0 Å². The van der Waals surface area contributed by atoms with E-state index in [2.05, 4.69) is 0 Å². The van der Waals surface area contributed by atoms with Crippen molar-refractivity contribution in [3.63, 3.8) is 0 Å². The van der Waals surface area contributed by atoms with Crippen molar-refractivity contribution in [1.82, 2.24) is 0 Å². The molecule has 20 heavy (non-hydrogen) atoms. The van der Waals surface area contributed by atoms with Crippen molar-refractivity contribution < 1.29 is 14.4 Å². The van der Waals surface area contributed by atoms with Gasteiger partial charge in [-0.3, -0.25) is 19.3 Å². The highest BCUT2D eigenvalue weighted by atomic mass is 16.2. The summed E-state index contributed by atoms with van der Waals surface area (Å²) < 4.78 is 0. The maximum absolute atomic E-state index is 12.4. The Labute approximate surface area is 117 Å². The molecule has 1 aliphatic heterocycles. The van der Waals surface area contributed by atoms with Gasteiger partial charge in [-0.15, -0.1) is 0 Å². The van der Waals surface area contributed by atoms with E-state index < -0.39 is 0 Å². The van der Waals surface area contributed by atoms with Crippen molar-refractivity contribution in [2.24, 2.45) is 11.8 Å². The van der Waals surface area contributed by atoms with E-state index in [4.69, 9.17) is 0 Å². The quantitative estimate of drug-likeness (QED) is 0.470. The molecule has 2 atom stereocenters. The van der Waals surface area contributed by atoms with Gasteiger partial charge in [0.2, 0.25) is 11.8 Å². The second-order valence-electron chi connectivity index (χ2n) is 5.27. The van der Waals surface area contributed by atoms with E-state index in [1.54, 1.807) is 24.3 Å². The Morgan fingerprint density at radius 3 is 1.95 bits per heavy atom. The Kier molecular flexibility index (Phi) is 3.01. The van der Waals surface area contributed by atoms with E-state index in [0.717, 1.165) is 0 Å². The lowest BCUT2D eigenvalue weighted by atomic mass is 9.85. The third kappa shape index (κ3) is 1.88. The molecule has 2 unspecified atom stereocenters. The lowest BCUT2D eigenvalue weighted by Gasteiger charge is -2.14. The van der Waals surface area contributed by atoms with Crippen molar-refractivity contribution >= 4 is 23.3 Å². The molecule has 0 N–H and O–H groups in total. The SMILES string of the molecule is CC(=O)c1ccc(N2C(=O)C3CC=CCC3C2=O)cc1. The lowest BCUT2D eigenvalue weighted by molar-refractivity contribution is -0.122. The van der Waals surface area contributed by atoms with Crippen LogP contribution < -0.4 is 4.90 Å². The molecule has 2 amide bonds. The van der Waals surface area contributed by atoms with Gasteiger partial charge in [-0.05, 0) is 44.0 Å². The summed E-state index contributed by atoms with van der Waals surface area (Å²) >= 11 is 0. The predicted octanol–water partition coefficient (Wildman–Crippen LogP) is 2.34. The molecule has 1 fully saturated rings. The number of Topliss-reactive ketones (excluding diaryl/α,β-unsaturated/α-hetero) is 1. The van der Waals surface area contributed by atoms with Crippen molar-refractivity contribution in [2.45, 2.75) is 19.8 Å². The summed E-state index contributed by atoms with van der Waals surface area (Å²) in [7, 11) is 0. The third-order valence-corrected chi connectivity index (χ3v) is 4.04. The fourth-order valence-electron chi connectivity index (χ4n) is 2.90. The highest BCUT2D eigenvalue weighted by molar-refractivity contribution is 6.22. The molecule has 1 saturated heterocycles. The van der Waals surface area contributed by atoms with Gasteiger partial charge in [0.1, 0.15) is 0 Å². The number of carbonyl (C=O) groups is 3. The molecule has 1 aliphatic carbocycles. The highest BCUT2D eigenvalue weighted by Crippen LogP contribution is 2.37. The second kappa shape index (κ2) is 4.71. The van der Waals surface area contributed by atoms with Crippen LogP contribution >= 0.6 is 0 Å². The molecule has 0 bridgehead atoms. The monoisotopic (exact) mass is 269 g/mol. The molecule has 1 heterocycles. The number of ketones is 1. The number of fused-ring (bicyclic) bond motifs is 1. The van der Waals surface area contributed by atoms with Gasteiger partial charge < -0.3 is 0 Å². The number of amides is 2. The maximum atomic E-state index is 12.4. The maximum Gasteiger partial charge on any atom is 0.238 e. The molecule has 0 spiro atoms. The van der Waals surface area contributed by atoms with Gasteiger partial charge >= 0.3 is 0 Å². The summed E-state index contributed by atoms with van der Waals surface area (Å²) in [6.07, 6.45) is 5.21. The standard InChI is InChI=1S/C16H15NO3/c1-10(18)11-6-8-12(9-7-11)17-15(19)13-4-2-3-5-14(13)16(17)20/h2-3,6-9,13-14H,4-5H2,1H3. The van der Waals surface area contributed by atoms with Crippen molar-refractivity contribution in [3.8, 4) is 0 Å². The zero-order valence-electron chi connectivity index (χ0n) is 11.2. The number of hydrogen-bond donors (Lipinski definition) is 0. The van der Waals surface area contributed by atoms with E-state index in [1.165, 1.54) is 11.8 Å². The van der Waals surface area contributed by atoms with Crippen LogP contribution in [0.25, 0.3) is 0 Å². The summed E-state index contributed by atoms with van der Waals surface area (Å²) in [6, 6.07) is 6.63. The number of anilines is 1. The van der Waals surface area contributed by atoms with Crippen LogP contribution in [-0.2, 0) is 9.59 Å². The molecule has 1 aromatic carbocycles. The molecule has 4 nitrogen and oxygen atoms in total. The van der Waals surface area contributed by atoms with Gasteiger partial charge in [-0.25, -0.2) is 0 Å². The van der Waals surface area contributed by atoms with Crippen LogP contribution in [0.3, 0.4) is 0 Å². The van der Waals surface area contributed by atoms with Gasteiger partial charge in [0.05, 0.1) is 17.5 Å². The third-order valence-electron chi connectivity index (χ3n) is 4.04. The molecular weight excluding hydrogens is 254 g/mol. The number of carbonyl (C=O) groups excluding carboxylic acids is 3. The van der Waals surface area contributed by atoms with Crippen molar-refractivity contribution in [3.05, 3.63) is 42.0 Å². The smallest absolute Gasteiger partial charge is 0.238 e. The first kappa shape index (κ1) is 12.8. The minimum Gasteiger partial charge on any atom is -0.295 e. The van der Waals surface area contributed by atoms with Crippen LogP contribution in [0.5, 0.6) is 0 Å². The fraction of sp³-hybridized carbons (Fsp3) is 0.312. The number of imide groups is 1. The Balaban J connectivity index is 1.92. The van der Waals surface area contributed by atoms with Crippen LogP contribution in [0.4, 0.5) is 5.69 Å². The number of hydrogen-bond acceptors (Lipinski definition) is 3. The number of rotatable bonds is 2. The van der Waals surface area contributed by atoms with Gasteiger partial charge in [-0.1, -0.05) is 12.2 Å². The molecule has 2 aliphatic rings. The molecule has 102 valence electrons. The predicted molar refractivity (Wildman–Crippen MR) is 74.3 cm³/mol. The fourth-order valence-corrected chi connectivity index (χ4v) is 2.90. The Morgan fingerprint density at radius 1 is 1.00 bits per heavy atom. The lowest BCUT2D eigenvalue weighted by Crippen LogP contribution is -2.30. The van der Waals surface area contributed by atoms with E-state index in [1.807, 2.05) is 12.2 Å². The average molecular weight is 269 g/mol. The van der Waals surface area contributed by atoms with Crippen LogP contribution in [0.1, 0.15) is 30.1 Å². The van der Waals surface area contributed by atoms with Gasteiger partial charge in [0.15, 0.2) is 5.78 Å². The Bertz CT molecular complexity index is 589. The normalized spacial score (nSPS) is 24.9. The Morgan fingerprint density at radius 2 is 1.50 bits per heavy atom. The van der Waals surface area contributed by atoms with Gasteiger partial charge in [0.25, 0.3) is 0 Å². The summed E-state index contributed by atoms with van der Waals surface area (Å²) in [5, 5.41) is 0. The van der Waals surface area contributed by atoms with Crippen LogP contribution in [0.2, 0.25) is 0 Å². The van der Waals surface area contributed by atoms with E-state index in [9.17, 15) is 14.4 Å². The molecule has 4 heteroatoms. The van der Waals surface area contributed by atoms with E-state index in [0.29, 0.717) is 24.1 Å². The van der Waals surface area contributed by atoms with Crippen LogP contribution in [0, 0.1) is 11.8 Å². The average Bonchev–Trinajstić information content (AvgIpc) is 2.72. The summed E-state index contributed by atoms with van der Waals surface area (Å²) in [5.41, 5.74) is 1.13. The molecular formula is C16H15NO3. The number of nitrogens with zero attached hydrogens (tertiary/aromatic N) is 1. The van der Waals surface area contributed by atoms with Crippen molar-refractivity contribution in [2.75, 3.05) is 4.90 Å². The first-order valence-electron chi connectivity index (χ1n) is 6.73. The van der Waals surface area contributed by atoms with Gasteiger partial charge in [0, 0.05) is 5.56 Å². The van der Waals surface area contributed by atoms with E-state index >= 15 is 0 Å². The summed E-state index contributed by atoms with van der Waals surface area (Å²) in [4.78, 5) is 37.3. The number of allylic oxidation sites excluding steroid dienone is 2. The first-order valence-corrected chi connectivity index (χ1v) is 6.73. The minimum absolute atomic E-state index is 0.0338. The number of benzene rings is 1. The molecule has 1 aromatic rings. The molecule has 3 rings (SSSR count). The molecule has 0 aromatic heterocycles. The first-order chi connectivity index (χ1) is 9.59. The van der Waals surface area contributed by atoms with Crippen LogP contribution in [-0.4, -0.2) is 17.6 Å². The summed E-state index contributed by atoms with van der Waals surface area (Å²) in [5.74, 6) is -0.728. The molecule has 0 radical (unpaired) electrons. The summed E-state index contributed by atoms with van der Waals surface area (Å²) in [6.45, 7) is 1.49. The van der Waals surface area contributed by atoms with Crippen LogP contribution in [0.15, 0.2) is 36.4 Å².